The van der Waals surface area contributed by atoms with Gasteiger partial charge in [-0.3, -0.25) is 9.59 Å². The molecule has 20 heavy (non-hydrogen) atoms. The Hall–Kier alpha value is -1.10. The molecule has 0 aromatic carbocycles. The third kappa shape index (κ3) is 3.51. The molecule has 2 aliphatic rings. The average molecular weight is 282 g/mol. The van der Waals surface area contributed by atoms with Gasteiger partial charge in [-0.15, -0.1) is 0 Å². The highest BCUT2D eigenvalue weighted by molar-refractivity contribution is 5.89. The summed E-state index contributed by atoms with van der Waals surface area (Å²) in [6.07, 6.45) is 5.39. The Balaban J connectivity index is 1.90. The van der Waals surface area contributed by atoms with E-state index in [1.165, 1.54) is 12.8 Å². The summed E-state index contributed by atoms with van der Waals surface area (Å²) in [6.45, 7) is 4.40. The number of carbonyl (C=O) groups excluding carboxylic acids is 2. The summed E-state index contributed by atoms with van der Waals surface area (Å²) >= 11 is 0. The van der Waals surface area contributed by atoms with Crippen LogP contribution < -0.4 is 5.32 Å². The molecule has 1 aliphatic heterocycles. The molecule has 1 heterocycles. The van der Waals surface area contributed by atoms with Gasteiger partial charge in [0.05, 0.1) is 5.92 Å². The molecule has 1 saturated carbocycles. The Kier molecular flexibility index (Phi) is 4.68. The Morgan fingerprint density at radius 2 is 2.05 bits per heavy atom. The molecule has 1 atom stereocenters. The Morgan fingerprint density at radius 1 is 1.40 bits per heavy atom. The molecule has 5 nitrogen and oxygen atoms in total. The van der Waals surface area contributed by atoms with Crippen molar-refractivity contribution >= 4 is 11.8 Å². The summed E-state index contributed by atoms with van der Waals surface area (Å²) in [5.41, 5.74) is -0.421. The molecule has 1 unspecified atom stereocenters. The third-order valence-corrected chi connectivity index (χ3v) is 4.49. The number of rotatable bonds is 5. The fraction of sp³-hybridized carbons (Fsp3) is 0.867. The van der Waals surface area contributed by atoms with Crippen LogP contribution in [-0.2, 0) is 9.59 Å². The molecule has 114 valence electrons. The fourth-order valence-electron chi connectivity index (χ4n) is 3.25. The van der Waals surface area contributed by atoms with Gasteiger partial charge in [-0.05, 0) is 33.1 Å². The smallest absolute Gasteiger partial charge is 0.225 e. The number of hydrogen-bond donors (Lipinski definition) is 2. The van der Waals surface area contributed by atoms with E-state index >= 15 is 0 Å². The molecule has 2 amide bonds. The Bertz CT molecular complexity index is 375. The lowest BCUT2D eigenvalue weighted by molar-refractivity contribution is -0.130. The van der Waals surface area contributed by atoms with Crippen LogP contribution in [-0.4, -0.2) is 46.6 Å². The topological polar surface area (TPSA) is 69.6 Å². The van der Waals surface area contributed by atoms with Crippen molar-refractivity contribution in [3.05, 3.63) is 0 Å². The molecule has 0 radical (unpaired) electrons. The van der Waals surface area contributed by atoms with Crippen LogP contribution in [0.2, 0.25) is 0 Å². The van der Waals surface area contributed by atoms with Crippen molar-refractivity contribution in [2.45, 2.75) is 64.0 Å². The normalized spacial score (nSPS) is 24.4. The number of hydrogen-bond acceptors (Lipinski definition) is 3. The van der Waals surface area contributed by atoms with Crippen molar-refractivity contribution < 1.29 is 14.7 Å². The fourth-order valence-corrected chi connectivity index (χ4v) is 3.25. The Morgan fingerprint density at radius 3 is 2.65 bits per heavy atom. The van der Waals surface area contributed by atoms with Crippen molar-refractivity contribution in [3.63, 3.8) is 0 Å². The van der Waals surface area contributed by atoms with Crippen molar-refractivity contribution in [1.82, 2.24) is 10.2 Å². The first kappa shape index (κ1) is 15.3. The minimum atomic E-state index is -0.421. The minimum absolute atomic E-state index is 0.0467. The Labute approximate surface area is 120 Å². The highest BCUT2D eigenvalue weighted by Crippen LogP contribution is 2.29. The summed E-state index contributed by atoms with van der Waals surface area (Å²) in [6, 6.07) is 0.353. The first-order valence-corrected chi connectivity index (χ1v) is 7.65. The number of carbonyl (C=O) groups is 2. The number of nitrogens with one attached hydrogen (secondary N) is 1. The zero-order valence-electron chi connectivity index (χ0n) is 12.5. The van der Waals surface area contributed by atoms with Crippen molar-refractivity contribution in [2.24, 2.45) is 5.92 Å². The van der Waals surface area contributed by atoms with E-state index in [2.05, 4.69) is 5.32 Å². The van der Waals surface area contributed by atoms with E-state index in [-0.39, 0.29) is 24.3 Å². The molecule has 0 aromatic heterocycles. The first-order chi connectivity index (χ1) is 9.43. The predicted molar refractivity (Wildman–Crippen MR) is 76.0 cm³/mol. The largest absolute Gasteiger partial charge is 0.396 e. The lowest BCUT2D eigenvalue weighted by Crippen LogP contribution is -2.47. The zero-order valence-corrected chi connectivity index (χ0v) is 12.5. The summed E-state index contributed by atoms with van der Waals surface area (Å²) < 4.78 is 0. The highest BCUT2D eigenvalue weighted by atomic mass is 16.3. The standard InChI is InChI=1S/C15H26N2O3/c1-15(2,7-8-18)16-14(20)11-9-13(19)17(10-11)12-5-3-4-6-12/h11-12,18H,3-10H2,1-2H3,(H,16,20). The molecule has 1 aliphatic carbocycles. The summed E-state index contributed by atoms with van der Waals surface area (Å²) in [4.78, 5) is 26.3. The van der Waals surface area contributed by atoms with E-state index in [1.807, 2.05) is 18.7 Å². The maximum Gasteiger partial charge on any atom is 0.225 e. The average Bonchev–Trinajstić information content (AvgIpc) is 2.96. The predicted octanol–water partition coefficient (Wildman–Crippen LogP) is 1.05. The van der Waals surface area contributed by atoms with Gasteiger partial charge in [0.25, 0.3) is 0 Å². The van der Waals surface area contributed by atoms with Gasteiger partial charge in [0.1, 0.15) is 0 Å². The lowest BCUT2D eigenvalue weighted by Gasteiger charge is -2.27. The van der Waals surface area contributed by atoms with Gasteiger partial charge < -0.3 is 15.3 Å². The molecule has 0 aromatic rings. The van der Waals surface area contributed by atoms with E-state index in [1.54, 1.807) is 0 Å². The monoisotopic (exact) mass is 282 g/mol. The van der Waals surface area contributed by atoms with Crippen LogP contribution in [0.1, 0.15) is 52.4 Å². The van der Waals surface area contributed by atoms with Crippen LogP contribution in [0.3, 0.4) is 0 Å². The first-order valence-electron chi connectivity index (χ1n) is 7.65. The van der Waals surface area contributed by atoms with E-state index in [9.17, 15) is 9.59 Å². The number of aliphatic hydroxyl groups is 1. The molecule has 1 saturated heterocycles. The maximum absolute atomic E-state index is 12.3. The second-order valence-corrected chi connectivity index (χ2v) is 6.73. The van der Waals surface area contributed by atoms with E-state index in [4.69, 9.17) is 5.11 Å². The summed E-state index contributed by atoms with van der Waals surface area (Å²) in [7, 11) is 0. The van der Waals surface area contributed by atoms with Gasteiger partial charge in [-0.1, -0.05) is 12.8 Å². The molecule has 2 fully saturated rings. The van der Waals surface area contributed by atoms with E-state index < -0.39 is 5.54 Å². The quantitative estimate of drug-likeness (QED) is 0.792. The van der Waals surface area contributed by atoms with Crippen molar-refractivity contribution in [2.75, 3.05) is 13.2 Å². The van der Waals surface area contributed by atoms with Crippen LogP contribution >= 0.6 is 0 Å². The zero-order chi connectivity index (χ0) is 14.8. The van der Waals surface area contributed by atoms with Crippen LogP contribution in [0, 0.1) is 5.92 Å². The van der Waals surface area contributed by atoms with Crippen LogP contribution in [0.15, 0.2) is 0 Å². The number of likely N-dealkylation sites (tertiary alicyclic amines) is 1. The van der Waals surface area contributed by atoms with Crippen molar-refractivity contribution in [1.29, 1.82) is 0 Å². The van der Waals surface area contributed by atoms with Gasteiger partial charge in [0.15, 0.2) is 0 Å². The second kappa shape index (κ2) is 6.12. The van der Waals surface area contributed by atoms with Crippen LogP contribution in [0.5, 0.6) is 0 Å². The van der Waals surface area contributed by atoms with E-state index in [0.717, 1.165) is 12.8 Å². The highest BCUT2D eigenvalue weighted by Gasteiger charge is 2.39. The number of amides is 2. The van der Waals surface area contributed by atoms with Crippen LogP contribution in [0.25, 0.3) is 0 Å². The van der Waals surface area contributed by atoms with Gasteiger partial charge in [-0.2, -0.15) is 0 Å². The van der Waals surface area contributed by atoms with Crippen LogP contribution in [0.4, 0.5) is 0 Å². The lowest BCUT2D eigenvalue weighted by atomic mass is 9.99. The second-order valence-electron chi connectivity index (χ2n) is 6.73. The van der Waals surface area contributed by atoms with Gasteiger partial charge in [-0.25, -0.2) is 0 Å². The molecule has 2 rings (SSSR count). The molecular formula is C15H26N2O3. The summed E-state index contributed by atoms with van der Waals surface area (Å²) in [5.74, 6) is -0.171. The number of aliphatic hydroxyl groups excluding tert-OH is 1. The summed E-state index contributed by atoms with van der Waals surface area (Å²) in [5, 5.41) is 11.9. The molecule has 5 heteroatoms. The molecule has 0 spiro atoms. The molecule has 0 bridgehead atoms. The molecule has 2 N–H and O–H groups in total. The third-order valence-electron chi connectivity index (χ3n) is 4.49. The maximum atomic E-state index is 12.3. The van der Waals surface area contributed by atoms with Gasteiger partial charge in [0, 0.05) is 31.2 Å². The SMILES string of the molecule is CC(C)(CCO)NC(=O)C1CC(=O)N(C2CCCC2)C1. The van der Waals surface area contributed by atoms with Gasteiger partial charge >= 0.3 is 0 Å². The van der Waals surface area contributed by atoms with Gasteiger partial charge in [0.2, 0.25) is 11.8 Å². The minimum Gasteiger partial charge on any atom is -0.396 e. The molecular weight excluding hydrogens is 256 g/mol. The van der Waals surface area contributed by atoms with E-state index in [0.29, 0.717) is 25.4 Å². The number of nitrogens with zero attached hydrogens (tertiary/aromatic N) is 1. The van der Waals surface area contributed by atoms with Crippen molar-refractivity contribution in [3.8, 4) is 0 Å².